The van der Waals surface area contributed by atoms with Crippen LogP contribution in [0.1, 0.15) is 18.9 Å². The van der Waals surface area contributed by atoms with Crippen LogP contribution < -0.4 is 0 Å². The zero-order valence-electron chi connectivity index (χ0n) is 7.93. The van der Waals surface area contributed by atoms with Crippen molar-refractivity contribution >= 4 is 5.97 Å². The van der Waals surface area contributed by atoms with Crippen molar-refractivity contribution in [2.24, 2.45) is 0 Å². The molecule has 1 heterocycles. The van der Waals surface area contributed by atoms with Crippen molar-refractivity contribution in [3.63, 3.8) is 0 Å². The van der Waals surface area contributed by atoms with Crippen LogP contribution in [0.3, 0.4) is 0 Å². The van der Waals surface area contributed by atoms with Crippen molar-refractivity contribution in [1.82, 2.24) is 0 Å². The third kappa shape index (κ3) is 1.30. The van der Waals surface area contributed by atoms with Crippen LogP contribution in [0.25, 0.3) is 0 Å². The number of ether oxygens (including phenoxy) is 1. The largest absolute Gasteiger partial charge is 0.460 e. The van der Waals surface area contributed by atoms with E-state index in [4.69, 9.17) is 4.74 Å². The van der Waals surface area contributed by atoms with Crippen molar-refractivity contribution in [3.05, 3.63) is 35.9 Å². The average molecular weight is 192 g/mol. The second-order valence-corrected chi connectivity index (χ2v) is 3.65. The Morgan fingerprint density at radius 1 is 1.43 bits per heavy atom. The molecule has 1 saturated heterocycles. The molecule has 74 valence electrons. The lowest BCUT2D eigenvalue weighted by Gasteiger charge is -2.17. The van der Waals surface area contributed by atoms with E-state index < -0.39 is 11.6 Å². The van der Waals surface area contributed by atoms with Gasteiger partial charge in [-0.15, -0.1) is 0 Å². The van der Waals surface area contributed by atoms with E-state index >= 15 is 0 Å². The minimum absolute atomic E-state index is 0.215. The van der Waals surface area contributed by atoms with Gasteiger partial charge in [0.05, 0.1) is 0 Å². The number of esters is 1. The molecule has 2 rings (SSSR count). The number of rotatable bonds is 1. The molecule has 0 aliphatic carbocycles. The topological polar surface area (TPSA) is 46.5 Å². The Bertz CT molecular complexity index is 347. The van der Waals surface area contributed by atoms with Gasteiger partial charge in [-0.1, -0.05) is 30.3 Å². The summed E-state index contributed by atoms with van der Waals surface area (Å²) in [4.78, 5) is 11.4. The van der Waals surface area contributed by atoms with E-state index in [1.54, 1.807) is 31.2 Å². The molecule has 3 heteroatoms. The van der Waals surface area contributed by atoms with Gasteiger partial charge >= 0.3 is 5.97 Å². The van der Waals surface area contributed by atoms with Gasteiger partial charge in [0.15, 0.2) is 5.60 Å². The highest BCUT2D eigenvalue weighted by atomic mass is 16.6. The lowest BCUT2D eigenvalue weighted by Crippen LogP contribution is -2.30. The molecule has 0 saturated carbocycles. The summed E-state index contributed by atoms with van der Waals surface area (Å²) in [5.74, 6) is -0.545. The maximum atomic E-state index is 11.4. The summed E-state index contributed by atoms with van der Waals surface area (Å²) in [5.41, 5.74) is -0.838. The minimum atomic E-state index is -1.44. The monoisotopic (exact) mass is 192 g/mol. The number of cyclic esters (lactones) is 1. The van der Waals surface area contributed by atoms with Gasteiger partial charge in [0.1, 0.15) is 6.10 Å². The van der Waals surface area contributed by atoms with Crippen molar-refractivity contribution < 1.29 is 14.6 Å². The van der Waals surface area contributed by atoms with E-state index in [9.17, 15) is 9.90 Å². The SMILES string of the molecule is CC1CC(O)(c2ccccc2)C(=O)O1. The molecule has 1 aromatic carbocycles. The first kappa shape index (κ1) is 9.21. The Morgan fingerprint density at radius 3 is 2.57 bits per heavy atom. The van der Waals surface area contributed by atoms with E-state index in [1.807, 2.05) is 6.07 Å². The van der Waals surface area contributed by atoms with Gasteiger partial charge in [-0.05, 0) is 12.5 Å². The van der Waals surface area contributed by atoms with Gasteiger partial charge < -0.3 is 9.84 Å². The van der Waals surface area contributed by atoms with E-state index in [0.717, 1.165) is 0 Å². The maximum absolute atomic E-state index is 11.4. The molecule has 0 aromatic heterocycles. The molecule has 3 nitrogen and oxygen atoms in total. The first-order valence-corrected chi connectivity index (χ1v) is 4.62. The molecular formula is C11H12O3. The Morgan fingerprint density at radius 2 is 2.07 bits per heavy atom. The fraction of sp³-hybridized carbons (Fsp3) is 0.364. The normalized spacial score (nSPS) is 31.6. The molecule has 0 radical (unpaired) electrons. The van der Waals surface area contributed by atoms with Crippen molar-refractivity contribution in [3.8, 4) is 0 Å². The van der Waals surface area contributed by atoms with Crippen LogP contribution in [0.2, 0.25) is 0 Å². The number of hydrogen-bond acceptors (Lipinski definition) is 3. The highest BCUT2D eigenvalue weighted by Crippen LogP contribution is 2.34. The van der Waals surface area contributed by atoms with Crippen molar-refractivity contribution in [2.75, 3.05) is 0 Å². The lowest BCUT2D eigenvalue weighted by atomic mass is 9.91. The van der Waals surface area contributed by atoms with Crippen LogP contribution in [-0.4, -0.2) is 17.2 Å². The number of hydrogen-bond donors (Lipinski definition) is 1. The number of aliphatic hydroxyl groups is 1. The molecule has 2 atom stereocenters. The van der Waals surface area contributed by atoms with Crippen LogP contribution in [0.4, 0.5) is 0 Å². The third-order valence-electron chi connectivity index (χ3n) is 2.48. The summed E-state index contributed by atoms with van der Waals surface area (Å²) in [6, 6.07) is 8.91. The lowest BCUT2D eigenvalue weighted by molar-refractivity contribution is -0.155. The second-order valence-electron chi connectivity index (χ2n) is 3.65. The van der Waals surface area contributed by atoms with Gasteiger partial charge in [0.25, 0.3) is 0 Å². The van der Waals surface area contributed by atoms with Gasteiger partial charge in [-0.25, -0.2) is 4.79 Å². The van der Waals surface area contributed by atoms with Crippen LogP contribution in [0.5, 0.6) is 0 Å². The summed E-state index contributed by atoms with van der Waals surface area (Å²) in [7, 11) is 0. The van der Waals surface area contributed by atoms with E-state index in [0.29, 0.717) is 12.0 Å². The Kier molecular flexibility index (Phi) is 2.04. The highest BCUT2D eigenvalue weighted by Gasteiger charge is 2.47. The minimum Gasteiger partial charge on any atom is -0.460 e. The van der Waals surface area contributed by atoms with Crippen LogP contribution in [-0.2, 0) is 15.1 Å². The Hall–Kier alpha value is -1.35. The third-order valence-corrected chi connectivity index (χ3v) is 2.48. The molecule has 14 heavy (non-hydrogen) atoms. The Balaban J connectivity index is 2.38. The highest BCUT2D eigenvalue weighted by molar-refractivity contribution is 5.83. The zero-order valence-corrected chi connectivity index (χ0v) is 7.93. The molecule has 1 aromatic rings. The molecule has 1 aliphatic heterocycles. The smallest absolute Gasteiger partial charge is 0.343 e. The zero-order chi connectivity index (χ0) is 10.2. The molecule has 1 fully saturated rings. The van der Waals surface area contributed by atoms with E-state index in [2.05, 4.69) is 0 Å². The van der Waals surface area contributed by atoms with Crippen LogP contribution >= 0.6 is 0 Å². The fourth-order valence-corrected chi connectivity index (χ4v) is 1.77. The van der Waals surface area contributed by atoms with Crippen LogP contribution in [0, 0.1) is 0 Å². The summed E-state index contributed by atoms with van der Waals surface area (Å²) >= 11 is 0. The fourth-order valence-electron chi connectivity index (χ4n) is 1.77. The van der Waals surface area contributed by atoms with Crippen LogP contribution in [0.15, 0.2) is 30.3 Å². The predicted molar refractivity (Wildman–Crippen MR) is 50.5 cm³/mol. The van der Waals surface area contributed by atoms with Gasteiger partial charge in [-0.3, -0.25) is 0 Å². The molecule has 1 N–H and O–H groups in total. The van der Waals surface area contributed by atoms with E-state index in [1.165, 1.54) is 0 Å². The maximum Gasteiger partial charge on any atom is 0.343 e. The predicted octanol–water partition coefficient (Wildman–Crippen LogP) is 1.21. The van der Waals surface area contributed by atoms with Gasteiger partial charge in [0, 0.05) is 6.42 Å². The molecule has 1 aliphatic rings. The second kappa shape index (κ2) is 3.10. The van der Waals surface area contributed by atoms with Crippen molar-refractivity contribution in [2.45, 2.75) is 25.0 Å². The summed E-state index contributed by atoms with van der Waals surface area (Å²) in [6.45, 7) is 1.78. The molecule has 2 unspecified atom stereocenters. The van der Waals surface area contributed by atoms with Crippen molar-refractivity contribution in [1.29, 1.82) is 0 Å². The number of carbonyl (C=O) groups excluding carboxylic acids is 1. The number of benzene rings is 1. The van der Waals surface area contributed by atoms with E-state index in [-0.39, 0.29) is 6.10 Å². The quantitative estimate of drug-likeness (QED) is 0.680. The summed E-state index contributed by atoms with van der Waals surface area (Å²) in [5, 5.41) is 10.1. The number of carbonyl (C=O) groups is 1. The Labute approximate surface area is 82.3 Å². The molecule has 0 amide bonds. The summed E-state index contributed by atoms with van der Waals surface area (Å²) in [6.07, 6.45) is 0.114. The first-order chi connectivity index (χ1) is 6.63. The summed E-state index contributed by atoms with van der Waals surface area (Å²) < 4.78 is 4.94. The molecular weight excluding hydrogens is 180 g/mol. The standard InChI is InChI=1S/C11H12O3/c1-8-7-11(13,10(12)14-8)9-5-3-2-4-6-9/h2-6,8,13H,7H2,1H3. The first-order valence-electron chi connectivity index (χ1n) is 4.62. The van der Waals surface area contributed by atoms with Gasteiger partial charge in [0.2, 0.25) is 0 Å². The molecule has 0 spiro atoms. The average Bonchev–Trinajstić information content (AvgIpc) is 2.43. The molecule has 0 bridgehead atoms. The van der Waals surface area contributed by atoms with Gasteiger partial charge in [-0.2, -0.15) is 0 Å².